The number of ether oxygens (including phenoxy) is 1. The zero-order chi connectivity index (χ0) is 24.8. The molecule has 1 heteroatoms. The van der Waals surface area contributed by atoms with Gasteiger partial charge >= 0.3 is 0 Å². The lowest BCUT2D eigenvalue weighted by molar-refractivity contribution is 0.296. The lowest BCUT2D eigenvalue weighted by Crippen LogP contribution is -2.12. The van der Waals surface area contributed by atoms with Gasteiger partial charge in [0.2, 0.25) is 0 Å². The Hall–Kier alpha value is -1.76. The van der Waals surface area contributed by atoms with Crippen LogP contribution >= 0.6 is 0 Å². The van der Waals surface area contributed by atoms with Crippen molar-refractivity contribution in [1.29, 1.82) is 0 Å². The molecule has 33 heavy (non-hydrogen) atoms. The largest absolute Gasteiger partial charge is 0.457 e. The third kappa shape index (κ3) is 10.4. The molecule has 0 spiro atoms. The van der Waals surface area contributed by atoms with Crippen molar-refractivity contribution >= 4 is 0 Å². The van der Waals surface area contributed by atoms with Gasteiger partial charge in [0.05, 0.1) is 0 Å². The number of rotatable bonds is 10. The second-order valence-corrected chi connectivity index (χ2v) is 13.1. The van der Waals surface area contributed by atoms with Crippen molar-refractivity contribution in [3.63, 3.8) is 0 Å². The molecule has 2 unspecified atom stereocenters. The van der Waals surface area contributed by atoms with E-state index in [1.54, 1.807) is 0 Å². The van der Waals surface area contributed by atoms with E-state index in [1.165, 1.54) is 47.9 Å². The standard InChI is InChI=1S/C32H50O/c1-23-13-17-29(27(19-23)15-11-25(3)21-31(5,6)7)33-30-18-14-24(2)20-28(30)16-12-26(4)22-32(8,9)10/h13-14,17-20,25-26H,11-12,15-16,21-22H2,1-10H3. The van der Waals surface area contributed by atoms with Gasteiger partial charge in [-0.15, -0.1) is 0 Å². The molecule has 2 aromatic carbocycles. The molecular weight excluding hydrogens is 400 g/mol. The summed E-state index contributed by atoms with van der Waals surface area (Å²) in [5.74, 6) is 3.46. The molecule has 1 nitrogen and oxygen atoms in total. The van der Waals surface area contributed by atoms with Crippen molar-refractivity contribution in [2.75, 3.05) is 0 Å². The van der Waals surface area contributed by atoms with Crippen LogP contribution < -0.4 is 4.74 Å². The van der Waals surface area contributed by atoms with Gasteiger partial charge in [0, 0.05) is 0 Å². The molecular formula is C32H50O. The molecule has 2 aromatic rings. The molecule has 184 valence electrons. The predicted molar refractivity (Wildman–Crippen MR) is 146 cm³/mol. The molecule has 0 aliphatic rings. The second kappa shape index (κ2) is 11.6. The molecule has 0 N–H and O–H groups in total. The van der Waals surface area contributed by atoms with E-state index in [0.29, 0.717) is 22.7 Å². The highest BCUT2D eigenvalue weighted by atomic mass is 16.5. The lowest BCUT2D eigenvalue weighted by atomic mass is 9.83. The zero-order valence-electron chi connectivity index (χ0n) is 23.3. The van der Waals surface area contributed by atoms with Gasteiger partial charge in [-0.3, -0.25) is 0 Å². The Kier molecular flexibility index (Phi) is 9.65. The van der Waals surface area contributed by atoms with E-state index in [9.17, 15) is 0 Å². The van der Waals surface area contributed by atoms with E-state index in [2.05, 4.69) is 106 Å². The van der Waals surface area contributed by atoms with Crippen molar-refractivity contribution < 1.29 is 4.74 Å². The maximum atomic E-state index is 6.62. The molecule has 0 bridgehead atoms. The average molecular weight is 451 g/mol. The van der Waals surface area contributed by atoms with E-state index in [1.807, 2.05) is 0 Å². The van der Waals surface area contributed by atoms with Gasteiger partial charge < -0.3 is 4.74 Å². The molecule has 0 saturated heterocycles. The summed E-state index contributed by atoms with van der Waals surface area (Å²) in [4.78, 5) is 0. The van der Waals surface area contributed by atoms with Crippen molar-refractivity contribution in [3.05, 3.63) is 58.7 Å². The second-order valence-electron chi connectivity index (χ2n) is 13.1. The Morgan fingerprint density at radius 2 is 1.00 bits per heavy atom. The maximum Gasteiger partial charge on any atom is 0.130 e. The van der Waals surface area contributed by atoms with Crippen molar-refractivity contribution in [3.8, 4) is 11.5 Å². The molecule has 0 fully saturated rings. The van der Waals surface area contributed by atoms with Crippen LogP contribution in [-0.4, -0.2) is 0 Å². The molecule has 0 aromatic heterocycles. The summed E-state index contributed by atoms with van der Waals surface area (Å²) in [6, 6.07) is 13.3. The summed E-state index contributed by atoms with van der Waals surface area (Å²) < 4.78 is 6.62. The van der Waals surface area contributed by atoms with Crippen LogP contribution in [0.2, 0.25) is 0 Å². The molecule has 0 heterocycles. The summed E-state index contributed by atoms with van der Waals surface area (Å²) >= 11 is 0. The highest BCUT2D eigenvalue weighted by Gasteiger charge is 2.18. The summed E-state index contributed by atoms with van der Waals surface area (Å²) in [6.07, 6.45) is 7.04. The Morgan fingerprint density at radius 1 is 0.636 bits per heavy atom. The van der Waals surface area contributed by atoms with Crippen molar-refractivity contribution in [1.82, 2.24) is 0 Å². The smallest absolute Gasteiger partial charge is 0.130 e. The van der Waals surface area contributed by atoms with Gasteiger partial charge in [-0.25, -0.2) is 0 Å². The number of benzene rings is 2. The first-order valence-corrected chi connectivity index (χ1v) is 13.1. The van der Waals surface area contributed by atoms with Crippen LogP contribution in [0.3, 0.4) is 0 Å². The van der Waals surface area contributed by atoms with Gasteiger partial charge in [-0.05, 0) is 98.3 Å². The Morgan fingerprint density at radius 3 is 1.33 bits per heavy atom. The molecule has 0 radical (unpaired) electrons. The first-order valence-electron chi connectivity index (χ1n) is 13.1. The molecule has 0 aliphatic heterocycles. The van der Waals surface area contributed by atoms with Crippen LogP contribution in [0.25, 0.3) is 0 Å². The van der Waals surface area contributed by atoms with Crippen LogP contribution in [0.4, 0.5) is 0 Å². The Bertz CT molecular complexity index is 805. The van der Waals surface area contributed by atoms with E-state index >= 15 is 0 Å². The third-order valence-corrected chi connectivity index (χ3v) is 6.39. The SMILES string of the molecule is Cc1ccc(Oc2ccc(C)cc2CCC(C)CC(C)(C)C)c(CCC(C)CC(C)(C)C)c1. The lowest BCUT2D eigenvalue weighted by Gasteiger charge is -2.24. The number of aryl methyl sites for hydroxylation is 4. The van der Waals surface area contributed by atoms with Crippen LogP contribution in [0.1, 0.15) is 103 Å². The highest BCUT2D eigenvalue weighted by molar-refractivity contribution is 5.44. The van der Waals surface area contributed by atoms with Crippen LogP contribution in [-0.2, 0) is 12.8 Å². The fraction of sp³-hybridized carbons (Fsp3) is 0.625. The van der Waals surface area contributed by atoms with Gasteiger partial charge in [0.15, 0.2) is 0 Å². The Labute approximate surface area is 205 Å². The minimum absolute atomic E-state index is 0.381. The van der Waals surface area contributed by atoms with E-state index in [-0.39, 0.29) is 0 Å². The van der Waals surface area contributed by atoms with E-state index in [4.69, 9.17) is 4.74 Å². The number of hydrogen-bond acceptors (Lipinski definition) is 1. The zero-order valence-corrected chi connectivity index (χ0v) is 23.3. The van der Waals surface area contributed by atoms with Crippen LogP contribution in [0.5, 0.6) is 11.5 Å². The quantitative estimate of drug-likeness (QED) is 0.350. The van der Waals surface area contributed by atoms with Gasteiger partial charge in [0.1, 0.15) is 11.5 Å². The normalized spacial score (nSPS) is 14.2. The molecule has 2 atom stereocenters. The summed E-state index contributed by atoms with van der Waals surface area (Å²) in [5, 5.41) is 0. The first kappa shape index (κ1) is 27.5. The van der Waals surface area contributed by atoms with E-state index < -0.39 is 0 Å². The monoisotopic (exact) mass is 450 g/mol. The van der Waals surface area contributed by atoms with Crippen molar-refractivity contribution in [2.24, 2.45) is 22.7 Å². The van der Waals surface area contributed by atoms with Gasteiger partial charge in [0.25, 0.3) is 0 Å². The fourth-order valence-corrected chi connectivity index (χ4v) is 5.22. The summed E-state index contributed by atoms with van der Waals surface area (Å²) in [7, 11) is 0. The number of hydrogen-bond donors (Lipinski definition) is 0. The van der Waals surface area contributed by atoms with E-state index in [0.717, 1.165) is 24.3 Å². The molecule has 0 saturated carbocycles. The highest BCUT2D eigenvalue weighted by Crippen LogP contribution is 2.34. The van der Waals surface area contributed by atoms with Crippen LogP contribution in [0.15, 0.2) is 36.4 Å². The Balaban J connectivity index is 2.16. The summed E-state index contributed by atoms with van der Waals surface area (Å²) in [6.45, 7) is 23.2. The molecule has 2 rings (SSSR count). The maximum absolute atomic E-state index is 6.62. The fourth-order valence-electron chi connectivity index (χ4n) is 5.22. The van der Waals surface area contributed by atoms with Crippen molar-refractivity contribution in [2.45, 2.75) is 108 Å². The van der Waals surface area contributed by atoms with Gasteiger partial charge in [-0.1, -0.05) is 90.8 Å². The molecule has 0 amide bonds. The van der Waals surface area contributed by atoms with Crippen LogP contribution in [0, 0.1) is 36.5 Å². The topological polar surface area (TPSA) is 9.23 Å². The predicted octanol–water partition coefficient (Wildman–Crippen LogP) is 10.1. The third-order valence-electron chi connectivity index (χ3n) is 6.39. The minimum Gasteiger partial charge on any atom is -0.457 e. The van der Waals surface area contributed by atoms with Gasteiger partial charge in [-0.2, -0.15) is 0 Å². The average Bonchev–Trinajstić information content (AvgIpc) is 2.65. The molecule has 0 aliphatic carbocycles. The first-order chi connectivity index (χ1) is 15.2. The minimum atomic E-state index is 0.381. The summed E-state index contributed by atoms with van der Waals surface area (Å²) in [5.41, 5.74) is 6.05.